The van der Waals surface area contributed by atoms with Crippen LogP contribution in [0.2, 0.25) is 0 Å². The van der Waals surface area contributed by atoms with E-state index in [1.54, 1.807) is 6.08 Å². The predicted octanol–water partition coefficient (Wildman–Crippen LogP) is 0.339. The van der Waals surface area contributed by atoms with E-state index in [1.807, 2.05) is 6.08 Å². The van der Waals surface area contributed by atoms with Gasteiger partial charge in [0.25, 0.3) is 11.6 Å². The van der Waals surface area contributed by atoms with Gasteiger partial charge in [-0.15, -0.1) is 0 Å². The average molecular weight is 1470 g/mol. The number of carboxylic acid groups (broad SMARTS) is 2. The summed E-state index contributed by atoms with van der Waals surface area (Å²) in [6.07, 6.45) is -8.38. The molecule has 0 aromatic heterocycles. The second-order valence-corrected chi connectivity index (χ2v) is 27.9. The molecule has 594 valence electrons. The first-order chi connectivity index (χ1) is 48.7. The number of ether oxygens (including phenoxy) is 8. The summed E-state index contributed by atoms with van der Waals surface area (Å²) in [6, 6.07) is -4.73. The van der Waals surface area contributed by atoms with Gasteiger partial charge in [0.2, 0.25) is 17.7 Å². The Morgan fingerprint density at radius 3 is 1.44 bits per heavy atom. The van der Waals surface area contributed by atoms with Gasteiger partial charge in [0, 0.05) is 33.1 Å². The molecule has 4 aliphatic rings. The van der Waals surface area contributed by atoms with Gasteiger partial charge in [-0.05, 0) is 19.3 Å². The van der Waals surface area contributed by atoms with Crippen molar-refractivity contribution in [2.75, 3.05) is 33.0 Å². The first kappa shape index (κ1) is 90.6. The van der Waals surface area contributed by atoms with Crippen LogP contribution >= 0.6 is 0 Å². The average Bonchev–Trinajstić information content (AvgIpc) is 0.761. The lowest BCUT2D eigenvalue weighted by Crippen LogP contribution is -2.72. The summed E-state index contributed by atoms with van der Waals surface area (Å²) in [6.45, 7) is 1.10. The number of allylic oxidation sites excluding steroid dienone is 1. The first-order valence-electron chi connectivity index (χ1n) is 37.2. The number of hydrogen-bond donors (Lipinski definition) is 19. The minimum Gasteiger partial charge on any atom is -0.477 e. The molecule has 0 saturated carbocycles. The maximum Gasteiger partial charge on any atom is 0.364 e. The molecule has 4 rings (SSSR count). The fraction of sp³-hybridized carbons (Fsp3) is 0.900. The zero-order chi connectivity index (χ0) is 75.5. The topological polar surface area (TPSA) is 519 Å². The first-order valence-corrected chi connectivity index (χ1v) is 37.2. The molecule has 0 bridgehead atoms. The number of rotatable bonds is 52. The van der Waals surface area contributed by atoms with Crippen LogP contribution in [0.4, 0.5) is 0 Å². The van der Waals surface area contributed by atoms with Crippen molar-refractivity contribution in [3.05, 3.63) is 12.2 Å². The van der Waals surface area contributed by atoms with E-state index in [-0.39, 0.29) is 12.3 Å². The number of carboxylic acids is 2. The van der Waals surface area contributed by atoms with Crippen LogP contribution in [0.3, 0.4) is 0 Å². The van der Waals surface area contributed by atoms with Crippen LogP contribution in [0, 0.1) is 0 Å². The molecule has 0 radical (unpaired) electrons. The Morgan fingerprint density at radius 2 is 0.980 bits per heavy atom. The van der Waals surface area contributed by atoms with Gasteiger partial charge < -0.3 is 136 Å². The minimum atomic E-state index is -3.39. The molecule has 3 amide bonds. The molecule has 0 aliphatic carbocycles. The molecule has 4 aliphatic heterocycles. The van der Waals surface area contributed by atoms with E-state index in [0.29, 0.717) is 12.8 Å². The van der Waals surface area contributed by atoms with E-state index in [0.717, 1.165) is 65.2 Å². The standard InChI is InChI=1S/C70H125N3O29/c1-5-7-9-11-13-15-17-19-20-22-24-26-28-30-32-34-52(84)73-44(45(80)33-31-29-27-25-23-21-18-16-14-12-10-8-6-2)41-95-65-59(89)58(88)61(51(40-77)97-65)98-66-60(90)64(56(86)49(38-75)96-66)102-70(68(93)94)36-47(82)54(72-43(4)79)63(101-70)57(87)50(39-76)99-69(67(91)92)35-46(81)53(71-42(3)78)62(100-69)55(85)48(83)37-74/h31,33,44-51,53-66,74-77,80-83,85-90H,5-30,32,34-41H2,1-4H3,(H,71,78)(H,72,79)(H,73,84)(H,91,92)(H,93,94)/b33-31+/t44?,45-,46+,47+,48-,49-,50-,51-,53-,54-,55-,56+,57-,58-,59-,60-,61-,62-,63-,64+,65-,66+,69-,70+/m1/s1. The Bertz CT molecular complexity index is 2410. The third-order valence-electron chi connectivity index (χ3n) is 19.5. The van der Waals surface area contributed by atoms with Crippen LogP contribution in [0.15, 0.2) is 12.2 Å². The molecule has 4 saturated heterocycles. The highest BCUT2D eigenvalue weighted by molar-refractivity contribution is 5.78. The third-order valence-corrected chi connectivity index (χ3v) is 19.5. The quantitative estimate of drug-likeness (QED) is 0.0288. The Hall–Kier alpha value is -3.79. The van der Waals surface area contributed by atoms with Gasteiger partial charge in [-0.2, -0.15) is 0 Å². The number of carbonyl (C=O) groups is 5. The molecule has 102 heavy (non-hydrogen) atoms. The zero-order valence-electron chi connectivity index (χ0n) is 60.1. The number of aliphatic hydroxyl groups excluding tert-OH is 14. The lowest BCUT2D eigenvalue weighted by Gasteiger charge is -2.51. The Morgan fingerprint density at radius 1 is 0.529 bits per heavy atom. The number of aliphatic hydroxyl groups is 14. The minimum absolute atomic E-state index is 0.155. The van der Waals surface area contributed by atoms with E-state index >= 15 is 0 Å². The summed E-state index contributed by atoms with van der Waals surface area (Å²) in [5.41, 5.74) is 0. The fourth-order valence-electron chi connectivity index (χ4n) is 13.5. The van der Waals surface area contributed by atoms with Crippen molar-refractivity contribution < 1.29 is 144 Å². The second-order valence-electron chi connectivity index (χ2n) is 27.9. The monoisotopic (exact) mass is 1470 g/mol. The summed E-state index contributed by atoms with van der Waals surface area (Å²) >= 11 is 0. The fourth-order valence-corrected chi connectivity index (χ4v) is 13.5. The second kappa shape index (κ2) is 47.8. The van der Waals surface area contributed by atoms with Crippen LogP contribution in [0.25, 0.3) is 0 Å². The van der Waals surface area contributed by atoms with Crippen molar-refractivity contribution in [1.82, 2.24) is 16.0 Å². The smallest absolute Gasteiger partial charge is 0.364 e. The van der Waals surface area contributed by atoms with Crippen LogP contribution < -0.4 is 16.0 Å². The summed E-state index contributed by atoms with van der Waals surface area (Å²) in [7, 11) is 0. The van der Waals surface area contributed by atoms with Crippen molar-refractivity contribution in [1.29, 1.82) is 0 Å². The molecule has 32 heteroatoms. The molecule has 1 unspecified atom stereocenters. The predicted molar refractivity (Wildman–Crippen MR) is 363 cm³/mol. The van der Waals surface area contributed by atoms with Crippen LogP contribution in [-0.4, -0.2) is 290 Å². The Labute approximate surface area is 598 Å². The highest BCUT2D eigenvalue weighted by Crippen LogP contribution is 2.41. The maximum atomic E-state index is 13.6. The molecule has 32 nitrogen and oxygen atoms in total. The van der Waals surface area contributed by atoms with Crippen molar-refractivity contribution in [3.63, 3.8) is 0 Å². The van der Waals surface area contributed by atoms with Crippen LogP contribution in [0.5, 0.6) is 0 Å². The summed E-state index contributed by atoms with van der Waals surface area (Å²) in [4.78, 5) is 64.9. The molecule has 0 aromatic carbocycles. The molecule has 24 atom stereocenters. The Balaban J connectivity index is 1.50. The van der Waals surface area contributed by atoms with E-state index < -0.39 is 216 Å². The molecule has 19 N–H and O–H groups in total. The van der Waals surface area contributed by atoms with E-state index in [1.165, 1.54) is 109 Å². The highest BCUT2D eigenvalue weighted by Gasteiger charge is 2.62. The number of amides is 3. The number of unbranched alkanes of at least 4 members (excludes halogenated alkanes) is 25. The van der Waals surface area contributed by atoms with Gasteiger partial charge in [-0.1, -0.05) is 180 Å². The van der Waals surface area contributed by atoms with Gasteiger partial charge >= 0.3 is 11.9 Å². The van der Waals surface area contributed by atoms with Crippen molar-refractivity contribution in [2.24, 2.45) is 0 Å². The largest absolute Gasteiger partial charge is 0.477 e. The summed E-state index contributed by atoms with van der Waals surface area (Å²) in [5.74, 6) is -13.1. The molecular formula is C70H125N3O29. The van der Waals surface area contributed by atoms with Crippen LogP contribution in [0.1, 0.15) is 220 Å². The Kier molecular flexibility index (Phi) is 42.5. The molecular weight excluding hydrogens is 1350 g/mol. The lowest BCUT2D eigenvalue weighted by molar-refractivity contribution is -0.388. The van der Waals surface area contributed by atoms with Gasteiger partial charge in [-0.25, -0.2) is 9.59 Å². The number of aliphatic carboxylic acids is 2. The number of hydrogen-bond acceptors (Lipinski definition) is 27. The van der Waals surface area contributed by atoms with Crippen molar-refractivity contribution in [2.45, 2.75) is 366 Å². The third kappa shape index (κ3) is 28.4. The van der Waals surface area contributed by atoms with Gasteiger partial charge in [0.1, 0.15) is 85.5 Å². The maximum absolute atomic E-state index is 13.6. The van der Waals surface area contributed by atoms with Crippen LogP contribution in [-0.2, 0) is 61.9 Å². The normalized spacial score (nSPS) is 31.7. The van der Waals surface area contributed by atoms with Gasteiger partial charge in [-0.3, -0.25) is 14.4 Å². The molecule has 0 spiro atoms. The summed E-state index contributed by atoms with van der Waals surface area (Å²) in [5, 5.41) is 185. The van der Waals surface area contributed by atoms with E-state index in [9.17, 15) is 106 Å². The van der Waals surface area contributed by atoms with Gasteiger partial charge in [0.05, 0.1) is 69.5 Å². The molecule has 4 heterocycles. The SMILES string of the molecule is CCCCCCCCCCCCC/C=C/[C@@H](O)C(CO[C@@H]1O[C@H](CO)[C@@H](O[C@@H]2O[C@H](CO)[C@H](O)[C@H](O[C@]3(C(=O)O)C[C@H](O)[C@@H](NC(C)=O)[C@H]([C@H](O)[C@@H](CO)O[C@]4(C(=O)O)C[C@H](O)[C@@H](NC(C)=O)[C@H]([C@H](O)[C@H](O)CO)O4)O3)[C@H]2O)[C@H](O)[C@H]1O)NC(=O)CCCCCCCCCCCCCCCCC. The summed E-state index contributed by atoms with van der Waals surface area (Å²) < 4.78 is 46.4. The van der Waals surface area contributed by atoms with E-state index in [4.69, 9.17) is 37.9 Å². The number of carbonyl (C=O) groups excluding carboxylic acids is 3. The van der Waals surface area contributed by atoms with Gasteiger partial charge in [0.15, 0.2) is 12.6 Å². The van der Waals surface area contributed by atoms with Crippen molar-refractivity contribution in [3.8, 4) is 0 Å². The highest BCUT2D eigenvalue weighted by atomic mass is 16.8. The molecule has 0 aromatic rings. The van der Waals surface area contributed by atoms with Crippen molar-refractivity contribution >= 4 is 29.7 Å². The molecule has 4 fully saturated rings. The zero-order valence-corrected chi connectivity index (χ0v) is 60.1. The van der Waals surface area contributed by atoms with E-state index in [2.05, 4.69) is 29.8 Å². The lowest BCUT2D eigenvalue weighted by atomic mass is 9.87. The number of nitrogens with one attached hydrogen (secondary N) is 3.